The molecular weight excluding hydrogens is 202 g/mol. The maximum absolute atomic E-state index is 11.4. The Morgan fingerprint density at radius 2 is 2.29 bits per heavy atom. The van der Waals surface area contributed by atoms with Crippen LogP contribution in [0.5, 0.6) is 0 Å². The van der Waals surface area contributed by atoms with Gasteiger partial charge in [-0.1, -0.05) is 17.7 Å². The van der Waals surface area contributed by atoms with Crippen molar-refractivity contribution in [3.05, 3.63) is 23.4 Å². The number of carbonyl (C=O) groups excluding carboxylic acids is 1. The van der Waals surface area contributed by atoms with Crippen LogP contribution in [0, 0.1) is 0 Å². The summed E-state index contributed by atoms with van der Waals surface area (Å²) in [5.74, 6) is 0.326. The topological polar surface area (TPSA) is 54.0 Å². The van der Waals surface area contributed by atoms with Gasteiger partial charge in [-0.05, 0) is 26.1 Å². The average molecular weight is 214 g/mol. The van der Waals surface area contributed by atoms with E-state index in [0.29, 0.717) is 11.0 Å². The number of hydrogen-bond acceptors (Lipinski definition) is 3. The summed E-state index contributed by atoms with van der Waals surface area (Å²) in [5, 5.41) is 5.82. The number of amides is 1. The third kappa shape index (κ3) is 2.97. The lowest BCUT2D eigenvalue weighted by Crippen LogP contribution is -2.35. The molecule has 1 aromatic heterocycles. The summed E-state index contributed by atoms with van der Waals surface area (Å²) in [6.07, 6.45) is 0. The average Bonchev–Trinajstić information content (AvgIpc) is 2.16. The fraction of sp³-hybridized carbons (Fsp3) is 0.333. The Morgan fingerprint density at radius 3 is 2.86 bits per heavy atom. The van der Waals surface area contributed by atoms with Gasteiger partial charge in [0.15, 0.2) is 0 Å². The van der Waals surface area contributed by atoms with Crippen LogP contribution in [0.1, 0.15) is 6.92 Å². The van der Waals surface area contributed by atoms with Gasteiger partial charge in [-0.15, -0.1) is 0 Å². The molecule has 4 nitrogen and oxygen atoms in total. The predicted octanol–water partition coefficient (Wildman–Crippen LogP) is 1.28. The van der Waals surface area contributed by atoms with Crippen molar-refractivity contribution < 1.29 is 4.79 Å². The Labute approximate surface area is 87.7 Å². The molecule has 0 aliphatic rings. The second-order valence-electron chi connectivity index (χ2n) is 2.85. The first-order chi connectivity index (χ1) is 6.63. The molecule has 1 aromatic rings. The van der Waals surface area contributed by atoms with Gasteiger partial charge in [0.25, 0.3) is 0 Å². The van der Waals surface area contributed by atoms with Crippen LogP contribution >= 0.6 is 11.6 Å². The van der Waals surface area contributed by atoms with Crippen molar-refractivity contribution in [2.24, 2.45) is 0 Å². The first kappa shape index (κ1) is 10.9. The molecule has 1 atom stereocenters. The van der Waals surface area contributed by atoms with Crippen LogP contribution in [-0.4, -0.2) is 24.0 Å². The standard InChI is InChI=1S/C9H12ClN3O/c1-6(11-2)9(14)13-8-5-3-4-7(10)12-8/h3-6,11H,1-2H3,(H,12,13,14)/t6-/m0/s1. The van der Waals surface area contributed by atoms with Crippen LogP contribution in [0.3, 0.4) is 0 Å². The van der Waals surface area contributed by atoms with E-state index in [-0.39, 0.29) is 11.9 Å². The van der Waals surface area contributed by atoms with Gasteiger partial charge >= 0.3 is 0 Å². The minimum Gasteiger partial charge on any atom is -0.309 e. The van der Waals surface area contributed by atoms with Gasteiger partial charge in [-0.2, -0.15) is 0 Å². The third-order valence-corrected chi connectivity index (χ3v) is 2.00. The molecule has 14 heavy (non-hydrogen) atoms. The molecule has 5 heteroatoms. The summed E-state index contributed by atoms with van der Waals surface area (Å²) in [6.45, 7) is 1.76. The number of aromatic nitrogens is 1. The van der Waals surface area contributed by atoms with Crippen LogP contribution in [0.2, 0.25) is 5.15 Å². The number of hydrogen-bond donors (Lipinski definition) is 2. The van der Waals surface area contributed by atoms with E-state index in [1.54, 1.807) is 32.2 Å². The van der Waals surface area contributed by atoms with Gasteiger partial charge in [-0.25, -0.2) is 4.98 Å². The molecule has 1 amide bonds. The Balaban J connectivity index is 2.65. The number of nitrogens with one attached hydrogen (secondary N) is 2. The highest BCUT2D eigenvalue weighted by atomic mass is 35.5. The molecule has 0 aliphatic heterocycles. The Kier molecular flexibility index (Phi) is 3.85. The first-order valence-electron chi connectivity index (χ1n) is 4.24. The highest BCUT2D eigenvalue weighted by Crippen LogP contribution is 2.09. The van der Waals surface area contributed by atoms with Crippen LogP contribution in [0.15, 0.2) is 18.2 Å². The summed E-state index contributed by atoms with van der Waals surface area (Å²) in [6, 6.07) is 4.82. The molecular formula is C9H12ClN3O. The van der Waals surface area contributed by atoms with Gasteiger partial charge in [0.05, 0.1) is 6.04 Å². The van der Waals surface area contributed by atoms with Crippen LogP contribution in [0.4, 0.5) is 5.82 Å². The molecule has 0 unspecified atom stereocenters. The Hall–Kier alpha value is -1.13. The van der Waals surface area contributed by atoms with E-state index in [4.69, 9.17) is 11.6 Å². The van der Waals surface area contributed by atoms with E-state index < -0.39 is 0 Å². The number of carbonyl (C=O) groups is 1. The fourth-order valence-corrected chi connectivity index (χ4v) is 1.01. The second kappa shape index (κ2) is 4.93. The highest BCUT2D eigenvalue weighted by molar-refractivity contribution is 6.29. The Bertz CT molecular complexity index is 330. The van der Waals surface area contributed by atoms with Crippen molar-refractivity contribution in [3.63, 3.8) is 0 Å². The molecule has 0 aromatic carbocycles. The molecule has 0 radical (unpaired) electrons. The molecule has 1 heterocycles. The molecule has 0 spiro atoms. The molecule has 0 aliphatic carbocycles. The van der Waals surface area contributed by atoms with Crippen molar-refractivity contribution in [3.8, 4) is 0 Å². The van der Waals surface area contributed by atoms with Gasteiger partial charge in [-0.3, -0.25) is 4.79 Å². The highest BCUT2D eigenvalue weighted by Gasteiger charge is 2.10. The van der Waals surface area contributed by atoms with Crippen LogP contribution in [0.25, 0.3) is 0 Å². The summed E-state index contributed by atoms with van der Waals surface area (Å²) in [7, 11) is 1.72. The van der Waals surface area contributed by atoms with E-state index in [0.717, 1.165) is 0 Å². The molecule has 0 fully saturated rings. The number of rotatable bonds is 3. The van der Waals surface area contributed by atoms with Crippen molar-refractivity contribution in [2.75, 3.05) is 12.4 Å². The van der Waals surface area contributed by atoms with E-state index in [2.05, 4.69) is 15.6 Å². The summed E-state index contributed by atoms with van der Waals surface area (Å²) in [4.78, 5) is 15.3. The van der Waals surface area contributed by atoms with E-state index in [9.17, 15) is 4.79 Å². The normalized spacial score (nSPS) is 12.2. The summed E-state index contributed by atoms with van der Waals surface area (Å²) in [5.41, 5.74) is 0. The first-order valence-corrected chi connectivity index (χ1v) is 4.62. The lowest BCUT2D eigenvalue weighted by Gasteiger charge is -2.10. The van der Waals surface area contributed by atoms with Crippen molar-refractivity contribution in [1.29, 1.82) is 0 Å². The third-order valence-electron chi connectivity index (χ3n) is 1.79. The number of likely N-dealkylation sites (N-methyl/N-ethyl adjacent to an activating group) is 1. The van der Waals surface area contributed by atoms with Crippen molar-refractivity contribution in [1.82, 2.24) is 10.3 Å². The van der Waals surface area contributed by atoms with E-state index >= 15 is 0 Å². The van der Waals surface area contributed by atoms with Crippen molar-refractivity contribution >= 4 is 23.3 Å². The zero-order valence-corrected chi connectivity index (χ0v) is 8.80. The molecule has 76 valence electrons. The summed E-state index contributed by atoms with van der Waals surface area (Å²) < 4.78 is 0. The van der Waals surface area contributed by atoms with E-state index in [1.165, 1.54) is 0 Å². The molecule has 0 bridgehead atoms. The fourth-order valence-electron chi connectivity index (χ4n) is 0.843. The Morgan fingerprint density at radius 1 is 1.57 bits per heavy atom. The minimum absolute atomic E-state index is 0.137. The SMILES string of the molecule is CN[C@@H](C)C(=O)Nc1cccc(Cl)n1. The number of pyridine rings is 1. The zero-order chi connectivity index (χ0) is 10.6. The van der Waals surface area contributed by atoms with E-state index in [1.807, 2.05) is 0 Å². The lowest BCUT2D eigenvalue weighted by molar-refractivity contribution is -0.117. The quantitative estimate of drug-likeness (QED) is 0.744. The molecule has 2 N–H and O–H groups in total. The molecule has 0 saturated heterocycles. The van der Waals surface area contributed by atoms with Gasteiger partial charge in [0, 0.05) is 0 Å². The minimum atomic E-state index is -0.254. The smallest absolute Gasteiger partial charge is 0.242 e. The van der Waals surface area contributed by atoms with Crippen LogP contribution < -0.4 is 10.6 Å². The molecule has 0 saturated carbocycles. The van der Waals surface area contributed by atoms with Crippen LogP contribution in [-0.2, 0) is 4.79 Å². The summed E-state index contributed by atoms with van der Waals surface area (Å²) >= 11 is 5.66. The predicted molar refractivity (Wildman–Crippen MR) is 56.4 cm³/mol. The maximum Gasteiger partial charge on any atom is 0.242 e. The second-order valence-corrected chi connectivity index (χ2v) is 3.23. The molecule has 1 rings (SSSR count). The zero-order valence-electron chi connectivity index (χ0n) is 8.04. The lowest BCUT2D eigenvalue weighted by atomic mass is 10.3. The maximum atomic E-state index is 11.4. The number of anilines is 1. The van der Waals surface area contributed by atoms with Gasteiger partial charge < -0.3 is 10.6 Å². The largest absolute Gasteiger partial charge is 0.309 e. The number of nitrogens with zero attached hydrogens (tertiary/aromatic N) is 1. The monoisotopic (exact) mass is 213 g/mol. The van der Waals surface area contributed by atoms with Crippen molar-refractivity contribution in [2.45, 2.75) is 13.0 Å². The van der Waals surface area contributed by atoms with Gasteiger partial charge in [0.1, 0.15) is 11.0 Å². The van der Waals surface area contributed by atoms with Gasteiger partial charge in [0.2, 0.25) is 5.91 Å². The number of halogens is 1.